The van der Waals surface area contributed by atoms with E-state index >= 15 is 0 Å². The molecule has 3 rings (SSSR count). The minimum absolute atomic E-state index is 0.0255. The maximum Gasteiger partial charge on any atom is 0.268 e. The molecule has 0 unspecified atom stereocenters. The molecule has 0 saturated heterocycles. The van der Waals surface area contributed by atoms with Crippen molar-refractivity contribution in [2.75, 3.05) is 17.2 Å². The van der Waals surface area contributed by atoms with Crippen molar-refractivity contribution < 1.29 is 29.1 Å². The zero-order valence-electron chi connectivity index (χ0n) is 20.8. The van der Waals surface area contributed by atoms with Crippen LogP contribution in [0.5, 0.6) is 0 Å². The number of aliphatic hydroxyl groups excluding tert-OH is 1. The van der Waals surface area contributed by atoms with Crippen molar-refractivity contribution in [2.24, 2.45) is 0 Å². The second-order valence-electron chi connectivity index (χ2n) is 8.23. The summed E-state index contributed by atoms with van der Waals surface area (Å²) in [5, 5.41) is 26.4. The summed E-state index contributed by atoms with van der Waals surface area (Å²) in [5.41, 5.74) is 4.17. The number of rotatable bonds is 8. The number of halogens is 1. The third-order valence-corrected chi connectivity index (χ3v) is 5.25. The van der Waals surface area contributed by atoms with Gasteiger partial charge in [-0.2, -0.15) is 0 Å². The Hall–Kier alpha value is -5.16. The lowest BCUT2D eigenvalue weighted by Gasteiger charge is -2.19. The molecular formula is C29H25FN4O5. The number of hydrogen-bond acceptors (Lipinski definition) is 6. The number of carbonyl (C=O) groups is 3. The summed E-state index contributed by atoms with van der Waals surface area (Å²) in [6.07, 6.45) is -1.21. The van der Waals surface area contributed by atoms with Crippen LogP contribution in [-0.2, 0) is 9.59 Å². The average Bonchev–Trinajstić information content (AvgIpc) is 2.94. The molecule has 0 spiro atoms. The van der Waals surface area contributed by atoms with Crippen LogP contribution in [0.4, 0.5) is 15.8 Å². The number of hydrogen-bond donors (Lipinski definition) is 6. The number of anilines is 2. The van der Waals surface area contributed by atoms with Crippen molar-refractivity contribution in [1.82, 2.24) is 10.8 Å². The Morgan fingerprint density at radius 2 is 1.38 bits per heavy atom. The quantitative estimate of drug-likeness (QED) is 0.151. The fraction of sp³-hybridized carbons (Fsp3) is 0.138. The Morgan fingerprint density at radius 3 is 1.92 bits per heavy atom. The first kappa shape index (κ1) is 28.4. The molecule has 0 fully saturated rings. The molecule has 0 saturated carbocycles. The first-order valence-electron chi connectivity index (χ1n) is 11.7. The van der Waals surface area contributed by atoms with Gasteiger partial charge in [-0.3, -0.25) is 19.6 Å². The van der Waals surface area contributed by atoms with Crippen LogP contribution in [0.15, 0.2) is 72.8 Å². The van der Waals surface area contributed by atoms with Gasteiger partial charge in [0.25, 0.3) is 11.8 Å². The molecule has 0 bridgehead atoms. The van der Waals surface area contributed by atoms with E-state index in [0.717, 1.165) is 0 Å². The largest absolute Gasteiger partial charge is 0.391 e. The average molecular weight is 529 g/mol. The van der Waals surface area contributed by atoms with E-state index in [9.17, 15) is 23.9 Å². The van der Waals surface area contributed by atoms with Crippen molar-refractivity contribution in [3.63, 3.8) is 0 Å². The van der Waals surface area contributed by atoms with Crippen molar-refractivity contribution in [3.8, 4) is 23.7 Å². The fourth-order valence-corrected chi connectivity index (χ4v) is 3.20. The Labute approximate surface area is 224 Å². The Balaban J connectivity index is 1.50. The summed E-state index contributed by atoms with van der Waals surface area (Å²) in [4.78, 5) is 36.0. The highest BCUT2D eigenvalue weighted by Crippen LogP contribution is 2.10. The molecule has 39 heavy (non-hydrogen) atoms. The predicted molar refractivity (Wildman–Crippen MR) is 143 cm³/mol. The van der Waals surface area contributed by atoms with Gasteiger partial charge in [0.2, 0.25) is 5.91 Å². The van der Waals surface area contributed by atoms with E-state index < -0.39 is 24.0 Å². The zero-order chi connectivity index (χ0) is 28.2. The Morgan fingerprint density at radius 1 is 0.846 bits per heavy atom. The minimum Gasteiger partial charge on any atom is -0.391 e. The third kappa shape index (κ3) is 9.02. The van der Waals surface area contributed by atoms with Crippen molar-refractivity contribution >= 4 is 29.1 Å². The van der Waals surface area contributed by atoms with Gasteiger partial charge in [-0.15, -0.1) is 0 Å². The smallest absolute Gasteiger partial charge is 0.268 e. The summed E-state index contributed by atoms with van der Waals surface area (Å²) in [5.74, 6) is 9.07. The van der Waals surface area contributed by atoms with E-state index in [-0.39, 0.29) is 23.8 Å². The number of aliphatic hydroxyl groups is 1. The molecule has 2 atom stereocenters. The number of nitrogens with one attached hydrogen (secondary N) is 4. The van der Waals surface area contributed by atoms with Crippen LogP contribution in [-0.4, -0.2) is 46.7 Å². The lowest BCUT2D eigenvalue weighted by atomic mass is 10.1. The lowest BCUT2D eigenvalue weighted by molar-refractivity contribution is -0.133. The second kappa shape index (κ2) is 14.0. The monoisotopic (exact) mass is 528 g/mol. The molecule has 0 aliphatic heterocycles. The SMILES string of the molecule is C[C@@H](O)[C@H](NC(=O)c1ccc(C#CC#Cc2ccc(NC(=O)CNc3ccc(F)cc3)cc2)cc1)C(=O)NO. The zero-order valence-corrected chi connectivity index (χ0v) is 20.8. The van der Waals surface area contributed by atoms with Crippen LogP contribution in [0.2, 0.25) is 0 Å². The molecule has 9 nitrogen and oxygen atoms in total. The maximum absolute atomic E-state index is 12.9. The molecule has 0 radical (unpaired) electrons. The van der Waals surface area contributed by atoms with E-state index in [2.05, 4.69) is 39.6 Å². The highest BCUT2D eigenvalue weighted by atomic mass is 19.1. The van der Waals surface area contributed by atoms with Crippen molar-refractivity contribution in [2.45, 2.75) is 19.1 Å². The Kier molecular flexibility index (Phi) is 10.2. The van der Waals surface area contributed by atoms with Gasteiger partial charge in [-0.1, -0.05) is 11.8 Å². The van der Waals surface area contributed by atoms with Crippen molar-refractivity contribution in [1.29, 1.82) is 0 Å². The molecular weight excluding hydrogens is 503 g/mol. The van der Waals surface area contributed by atoms with E-state index in [1.54, 1.807) is 48.5 Å². The molecule has 0 aliphatic carbocycles. The first-order valence-corrected chi connectivity index (χ1v) is 11.7. The standard InChI is InChI=1S/C29H25FN4O5/c1-19(35)27(29(38)34-39)33-28(37)22-10-6-20(7-11-22)4-2-3-5-21-8-14-25(15-9-21)32-26(36)18-31-24-16-12-23(30)13-17-24/h6-17,19,27,31,35,39H,18H2,1H3,(H,32,36)(H,33,37)(H,34,38)/t19-,27+/m1/s1. The molecule has 3 amide bonds. The van der Waals surface area contributed by atoms with Gasteiger partial charge in [0.05, 0.1) is 12.6 Å². The van der Waals surface area contributed by atoms with Crippen LogP contribution in [0.25, 0.3) is 0 Å². The van der Waals surface area contributed by atoms with E-state index in [0.29, 0.717) is 22.5 Å². The topological polar surface area (TPSA) is 140 Å². The predicted octanol–water partition coefficient (Wildman–Crippen LogP) is 2.26. The molecule has 10 heteroatoms. The second-order valence-corrected chi connectivity index (χ2v) is 8.23. The number of benzene rings is 3. The normalized spacial score (nSPS) is 11.4. The molecule has 6 N–H and O–H groups in total. The highest BCUT2D eigenvalue weighted by Gasteiger charge is 2.25. The van der Waals surface area contributed by atoms with Gasteiger partial charge in [0.15, 0.2) is 0 Å². The van der Waals surface area contributed by atoms with Crippen LogP contribution in [0.3, 0.4) is 0 Å². The van der Waals surface area contributed by atoms with Gasteiger partial charge in [0.1, 0.15) is 11.9 Å². The highest BCUT2D eigenvalue weighted by molar-refractivity contribution is 5.97. The molecule has 3 aromatic carbocycles. The van der Waals surface area contributed by atoms with Crippen LogP contribution < -0.4 is 21.4 Å². The fourth-order valence-electron chi connectivity index (χ4n) is 3.20. The van der Waals surface area contributed by atoms with E-state index in [1.807, 2.05) is 0 Å². The van der Waals surface area contributed by atoms with Gasteiger partial charge in [-0.05, 0) is 91.6 Å². The van der Waals surface area contributed by atoms with Crippen LogP contribution in [0, 0.1) is 29.5 Å². The van der Waals surface area contributed by atoms with Gasteiger partial charge in [-0.25, -0.2) is 9.87 Å². The number of amides is 3. The van der Waals surface area contributed by atoms with Gasteiger partial charge in [0, 0.05) is 28.1 Å². The summed E-state index contributed by atoms with van der Waals surface area (Å²) >= 11 is 0. The van der Waals surface area contributed by atoms with Crippen LogP contribution in [0.1, 0.15) is 28.4 Å². The van der Waals surface area contributed by atoms with Gasteiger partial charge >= 0.3 is 0 Å². The molecule has 0 heterocycles. The molecule has 0 aliphatic rings. The Bertz CT molecular complexity index is 1430. The molecule has 198 valence electrons. The summed E-state index contributed by atoms with van der Waals surface area (Å²) in [7, 11) is 0. The van der Waals surface area contributed by atoms with Crippen LogP contribution >= 0.6 is 0 Å². The van der Waals surface area contributed by atoms with Crippen molar-refractivity contribution in [3.05, 3.63) is 95.3 Å². The minimum atomic E-state index is -1.31. The lowest BCUT2D eigenvalue weighted by Crippen LogP contribution is -2.51. The van der Waals surface area contributed by atoms with E-state index in [4.69, 9.17) is 5.21 Å². The first-order chi connectivity index (χ1) is 18.7. The summed E-state index contributed by atoms with van der Waals surface area (Å²) in [6, 6.07) is 17.5. The van der Waals surface area contributed by atoms with Gasteiger partial charge < -0.3 is 21.1 Å². The van der Waals surface area contributed by atoms with E-state index in [1.165, 1.54) is 36.7 Å². The third-order valence-electron chi connectivity index (χ3n) is 5.25. The number of hydroxylamine groups is 1. The number of carbonyl (C=O) groups excluding carboxylic acids is 3. The molecule has 3 aromatic rings. The summed E-state index contributed by atoms with van der Waals surface area (Å²) < 4.78 is 12.9. The maximum atomic E-state index is 12.9. The summed E-state index contributed by atoms with van der Waals surface area (Å²) in [6.45, 7) is 1.33. The molecule has 0 aromatic heterocycles.